The van der Waals surface area contributed by atoms with E-state index in [2.05, 4.69) is 5.32 Å². The predicted octanol–water partition coefficient (Wildman–Crippen LogP) is 3.34. The van der Waals surface area contributed by atoms with Crippen molar-refractivity contribution in [3.05, 3.63) is 66.0 Å². The molecule has 0 radical (unpaired) electrons. The topological polar surface area (TPSA) is 32.3 Å². The molecule has 3 nitrogen and oxygen atoms in total. The largest absolute Gasteiger partial charge is 0.343 e. The van der Waals surface area contributed by atoms with E-state index in [0.29, 0.717) is 18.0 Å². The normalized spacial score (nSPS) is 12.0. The maximum atomic E-state index is 14.0. The zero-order chi connectivity index (χ0) is 16.7. The van der Waals surface area contributed by atoms with Crippen LogP contribution < -0.4 is 5.32 Å². The van der Waals surface area contributed by atoms with Crippen LogP contribution in [0.3, 0.4) is 0 Å². The average Bonchev–Trinajstić information content (AvgIpc) is 2.59. The van der Waals surface area contributed by atoms with Gasteiger partial charge in [0.25, 0.3) is 0 Å². The summed E-state index contributed by atoms with van der Waals surface area (Å²) in [5.41, 5.74) is 0.877. The Morgan fingerprint density at radius 2 is 1.83 bits per heavy atom. The summed E-state index contributed by atoms with van der Waals surface area (Å²) in [6.45, 7) is 1.32. The Hall–Kier alpha value is -1.85. The maximum Gasteiger partial charge on any atom is 0.240 e. The van der Waals surface area contributed by atoms with Gasteiger partial charge in [-0.2, -0.15) is 0 Å². The van der Waals surface area contributed by atoms with Gasteiger partial charge in [-0.15, -0.1) is 11.8 Å². The summed E-state index contributed by atoms with van der Waals surface area (Å²) in [4.78, 5) is 15.0. The number of rotatable bonds is 7. The zero-order valence-electron chi connectivity index (χ0n) is 13.3. The van der Waals surface area contributed by atoms with Crippen molar-refractivity contribution in [2.75, 3.05) is 27.2 Å². The van der Waals surface area contributed by atoms with Crippen molar-refractivity contribution < 1.29 is 9.18 Å². The highest BCUT2D eigenvalue weighted by Gasteiger charge is 2.25. The molecule has 1 amide bonds. The highest BCUT2D eigenvalue weighted by atomic mass is 32.2. The van der Waals surface area contributed by atoms with Crippen molar-refractivity contribution in [3.8, 4) is 0 Å². The van der Waals surface area contributed by atoms with Gasteiger partial charge in [0.05, 0.1) is 0 Å². The van der Waals surface area contributed by atoms with E-state index < -0.39 is 5.25 Å². The Labute approximate surface area is 140 Å². The van der Waals surface area contributed by atoms with Crippen LogP contribution in [-0.2, 0) is 4.79 Å². The molecule has 0 aromatic heterocycles. The molecule has 1 unspecified atom stereocenters. The van der Waals surface area contributed by atoms with Crippen LogP contribution in [0.4, 0.5) is 4.39 Å². The molecule has 0 aliphatic heterocycles. The van der Waals surface area contributed by atoms with Crippen molar-refractivity contribution >= 4 is 17.7 Å². The SMILES string of the molecule is CNCCN(C)C(=O)C(Sc1ccccc1F)c1ccccc1. The fraction of sp³-hybridized carbons (Fsp3) is 0.278. The second-order valence-corrected chi connectivity index (χ2v) is 6.35. The molecule has 2 aromatic rings. The van der Waals surface area contributed by atoms with E-state index >= 15 is 0 Å². The molecule has 0 saturated carbocycles. The first-order valence-corrected chi connectivity index (χ1v) is 8.37. The first-order valence-electron chi connectivity index (χ1n) is 7.49. The zero-order valence-corrected chi connectivity index (χ0v) is 14.1. The number of thioether (sulfide) groups is 1. The van der Waals surface area contributed by atoms with Crippen LogP contribution in [0.1, 0.15) is 10.8 Å². The summed E-state index contributed by atoms with van der Waals surface area (Å²) in [7, 11) is 3.62. The molecule has 1 N–H and O–H groups in total. The second-order valence-electron chi connectivity index (χ2n) is 5.20. The Bertz CT molecular complexity index is 636. The molecule has 0 bridgehead atoms. The smallest absolute Gasteiger partial charge is 0.240 e. The fourth-order valence-electron chi connectivity index (χ4n) is 2.15. The van der Waals surface area contributed by atoms with Crippen molar-refractivity contribution in [1.82, 2.24) is 10.2 Å². The van der Waals surface area contributed by atoms with Crippen LogP contribution >= 0.6 is 11.8 Å². The molecule has 0 heterocycles. The third kappa shape index (κ3) is 4.81. The maximum absolute atomic E-state index is 14.0. The summed E-state index contributed by atoms with van der Waals surface area (Å²) in [5.74, 6) is -0.330. The molecule has 0 spiro atoms. The number of halogens is 1. The van der Waals surface area contributed by atoms with Gasteiger partial charge in [-0.1, -0.05) is 42.5 Å². The minimum atomic E-state index is -0.463. The number of benzene rings is 2. The molecule has 122 valence electrons. The molecule has 2 rings (SSSR count). The Balaban J connectivity index is 2.25. The van der Waals surface area contributed by atoms with Crippen LogP contribution in [0.5, 0.6) is 0 Å². The molecule has 0 saturated heterocycles. The highest BCUT2D eigenvalue weighted by Crippen LogP contribution is 2.37. The van der Waals surface area contributed by atoms with Gasteiger partial charge in [0.2, 0.25) is 5.91 Å². The lowest BCUT2D eigenvalue weighted by Gasteiger charge is -2.24. The second kappa shape index (κ2) is 8.70. The highest BCUT2D eigenvalue weighted by molar-refractivity contribution is 8.00. The summed E-state index contributed by atoms with van der Waals surface area (Å²) in [6.07, 6.45) is 0. The average molecular weight is 332 g/mol. The van der Waals surface area contributed by atoms with Crippen LogP contribution in [0.2, 0.25) is 0 Å². The van der Waals surface area contributed by atoms with Gasteiger partial charge >= 0.3 is 0 Å². The van der Waals surface area contributed by atoms with E-state index in [1.165, 1.54) is 17.8 Å². The first kappa shape index (κ1) is 17.5. The summed E-state index contributed by atoms with van der Waals surface area (Å²) < 4.78 is 14.0. The number of hydrogen-bond donors (Lipinski definition) is 1. The van der Waals surface area contributed by atoms with Crippen LogP contribution in [0.15, 0.2) is 59.5 Å². The Kier molecular flexibility index (Phi) is 6.62. The molecule has 1 atom stereocenters. The number of nitrogens with zero attached hydrogens (tertiary/aromatic N) is 1. The van der Waals surface area contributed by atoms with Gasteiger partial charge in [-0.3, -0.25) is 4.79 Å². The van der Waals surface area contributed by atoms with Gasteiger partial charge < -0.3 is 10.2 Å². The molecule has 0 aliphatic carbocycles. The summed E-state index contributed by atoms with van der Waals surface area (Å²) in [5, 5.41) is 2.57. The molecule has 2 aromatic carbocycles. The first-order chi connectivity index (χ1) is 11.1. The Morgan fingerprint density at radius 1 is 1.17 bits per heavy atom. The van der Waals surface area contributed by atoms with Gasteiger partial charge in [0.15, 0.2) is 0 Å². The summed E-state index contributed by atoms with van der Waals surface area (Å²) >= 11 is 1.25. The van der Waals surface area contributed by atoms with E-state index in [1.54, 1.807) is 30.1 Å². The van der Waals surface area contributed by atoms with Crippen LogP contribution in [0, 0.1) is 5.82 Å². The number of nitrogens with one attached hydrogen (secondary N) is 1. The van der Waals surface area contributed by atoms with Crippen molar-refractivity contribution in [3.63, 3.8) is 0 Å². The van der Waals surface area contributed by atoms with Crippen LogP contribution in [-0.4, -0.2) is 38.0 Å². The number of amides is 1. The number of carbonyl (C=O) groups excluding carboxylic acids is 1. The lowest BCUT2D eigenvalue weighted by Crippen LogP contribution is -2.35. The van der Waals surface area contributed by atoms with E-state index in [-0.39, 0.29) is 11.7 Å². The molecular formula is C18H21FN2OS. The van der Waals surface area contributed by atoms with Crippen molar-refractivity contribution in [2.24, 2.45) is 0 Å². The molecule has 5 heteroatoms. The van der Waals surface area contributed by atoms with E-state index in [4.69, 9.17) is 0 Å². The fourth-order valence-corrected chi connectivity index (χ4v) is 3.31. The number of likely N-dealkylation sites (N-methyl/N-ethyl adjacent to an activating group) is 2. The molecular weight excluding hydrogens is 311 g/mol. The molecule has 0 aliphatic rings. The van der Waals surface area contributed by atoms with Gasteiger partial charge in [-0.05, 0) is 24.7 Å². The van der Waals surface area contributed by atoms with E-state index in [0.717, 1.165) is 5.56 Å². The quantitative estimate of drug-likeness (QED) is 0.789. The van der Waals surface area contributed by atoms with E-state index in [1.807, 2.05) is 37.4 Å². The standard InChI is InChI=1S/C18H21FN2OS/c1-20-12-13-21(2)18(22)17(14-8-4-3-5-9-14)23-16-11-7-6-10-15(16)19/h3-11,17,20H,12-13H2,1-2H3. The molecule has 23 heavy (non-hydrogen) atoms. The van der Waals surface area contributed by atoms with Crippen molar-refractivity contribution in [1.29, 1.82) is 0 Å². The minimum absolute atomic E-state index is 0.0281. The lowest BCUT2D eigenvalue weighted by molar-refractivity contribution is -0.129. The molecule has 0 fully saturated rings. The third-order valence-corrected chi connectivity index (χ3v) is 4.78. The lowest BCUT2D eigenvalue weighted by atomic mass is 10.1. The third-order valence-electron chi connectivity index (χ3n) is 3.48. The predicted molar refractivity (Wildman–Crippen MR) is 93.0 cm³/mol. The van der Waals surface area contributed by atoms with Gasteiger partial charge in [0, 0.05) is 25.0 Å². The van der Waals surface area contributed by atoms with E-state index in [9.17, 15) is 9.18 Å². The number of hydrogen-bond acceptors (Lipinski definition) is 3. The minimum Gasteiger partial charge on any atom is -0.343 e. The monoisotopic (exact) mass is 332 g/mol. The van der Waals surface area contributed by atoms with Gasteiger partial charge in [0.1, 0.15) is 11.1 Å². The van der Waals surface area contributed by atoms with Gasteiger partial charge in [-0.25, -0.2) is 4.39 Å². The van der Waals surface area contributed by atoms with Crippen molar-refractivity contribution in [2.45, 2.75) is 10.1 Å². The van der Waals surface area contributed by atoms with Crippen LogP contribution in [0.25, 0.3) is 0 Å². The number of carbonyl (C=O) groups is 1. The summed E-state index contributed by atoms with van der Waals surface area (Å²) in [6, 6.07) is 16.1. The Morgan fingerprint density at radius 3 is 2.48 bits per heavy atom.